The second kappa shape index (κ2) is 5.05. The van der Waals surface area contributed by atoms with Crippen molar-refractivity contribution in [3.8, 4) is 0 Å². The summed E-state index contributed by atoms with van der Waals surface area (Å²) in [6, 6.07) is 9.24. The summed E-state index contributed by atoms with van der Waals surface area (Å²) in [6.45, 7) is 7.14. The van der Waals surface area contributed by atoms with Crippen molar-refractivity contribution in [1.29, 1.82) is 0 Å². The number of hydrogen-bond acceptors (Lipinski definition) is 1. The lowest BCUT2D eigenvalue weighted by Crippen LogP contribution is -2.38. The van der Waals surface area contributed by atoms with Crippen LogP contribution >= 0.6 is 0 Å². The number of piperidine rings is 1. The molecule has 1 heterocycles. The fourth-order valence-corrected chi connectivity index (χ4v) is 3.58. The summed E-state index contributed by atoms with van der Waals surface area (Å²) in [7, 11) is 0. The maximum Gasteiger partial charge on any atom is -0.00122 e. The van der Waals surface area contributed by atoms with Gasteiger partial charge in [-0.3, -0.25) is 0 Å². The molecule has 18 heavy (non-hydrogen) atoms. The fourth-order valence-electron chi connectivity index (χ4n) is 3.58. The summed E-state index contributed by atoms with van der Waals surface area (Å²) in [5, 5.41) is 3.58. The molecule has 2 fully saturated rings. The van der Waals surface area contributed by atoms with E-state index in [-0.39, 0.29) is 0 Å². The highest BCUT2D eigenvalue weighted by Gasteiger charge is 2.33. The van der Waals surface area contributed by atoms with Gasteiger partial charge < -0.3 is 5.32 Å². The molecule has 1 saturated carbocycles. The minimum absolute atomic E-state index is 0.773. The number of nitrogens with one attached hydrogen (secondary N) is 1. The fraction of sp³-hybridized carbons (Fsp3) is 0.647. The van der Waals surface area contributed by atoms with Gasteiger partial charge in [0.1, 0.15) is 0 Å². The normalized spacial score (nSPS) is 28.6. The van der Waals surface area contributed by atoms with Crippen LogP contribution in [-0.4, -0.2) is 13.1 Å². The molecule has 0 spiro atoms. The van der Waals surface area contributed by atoms with Crippen molar-refractivity contribution < 1.29 is 0 Å². The van der Waals surface area contributed by atoms with Crippen molar-refractivity contribution in [2.75, 3.05) is 13.1 Å². The molecule has 1 heteroatoms. The summed E-state index contributed by atoms with van der Waals surface area (Å²) in [5.41, 5.74) is 3.33. The molecule has 0 aromatic heterocycles. The van der Waals surface area contributed by atoms with Gasteiger partial charge in [-0.1, -0.05) is 38.1 Å². The van der Waals surface area contributed by atoms with E-state index in [0.717, 1.165) is 23.7 Å². The van der Waals surface area contributed by atoms with Crippen LogP contribution in [-0.2, 0) is 0 Å². The van der Waals surface area contributed by atoms with Gasteiger partial charge in [-0.15, -0.1) is 0 Å². The first-order valence-electron chi connectivity index (χ1n) is 7.57. The highest BCUT2D eigenvalue weighted by Crippen LogP contribution is 2.46. The zero-order valence-corrected chi connectivity index (χ0v) is 11.7. The first-order chi connectivity index (χ1) is 8.77. The molecular weight excluding hydrogens is 218 g/mol. The quantitative estimate of drug-likeness (QED) is 0.848. The van der Waals surface area contributed by atoms with Gasteiger partial charge in [0.05, 0.1) is 0 Å². The molecule has 1 aromatic carbocycles. The smallest absolute Gasteiger partial charge is 0.00122 e. The Bertz CT molecular complexity index is 406. The molecule has 1 nitrogen and oxygen atoms in total. The van der Waals surface area contributed by atoms with Crippen LogP contribution in [0.15, 0.2) is 24.3 Å². The standard InChI is InChI=1S/C17H25N/c1-12(2)17-11-18-10-9-16(17)15-6-4-3-5-14(15)13-7-8-13/h3-6,12-13,16-18H,7-11H2,1-2H3. The van der Waals surface area contributed by atoms with E-state index >= 15 is 0 Å². The Morgan fingerprint density at radius 1 is 1.06 bits per heavy atom. The number of rotatable bonds is 3. The molecule has 3 rings (SSSR count). The van der Waals surface area contributed by atoms with Crippen LogP contribution in [0.1, 0.15) is 56.1 Å². The van der Waals surface area contributed by atoms with E-state index < -0.39 is 0 Å². The SMILES string of the molecule is CC(C)C1CNCCC1c1ccccc1C1CC1. The molecule has 0 bridgehead atoms. The van der Waals surface area contributed by atoms with Crippen molar-refractivity contribution in [2.24, 2.45) is 11.8 Å². The van der Waals surface area contributed by atoms with Crippen LogP contribution in [0.4, 0.5) is 0 Å². The van der Waals surface area contributed by atoms with Crippen LogP contribution < -0.4 is 5.32 Å². The van der Waals surface area contributed by atoms with Crippen LogP contribution in [0.3, 0.4) is 0 Å². The van der Waals surface area contributed by atoms with Crippen molar-refractivity contribution in [2.45, 2.75) is 44.9 Å². The van der Waals surface area contributed by atoms with Gasteiger partial charge in [-0.25, -0.2) is 0 Å². The van der Waals surface area contributed by atoms with E-state index in [1.165, 1.54) is 32.4 Å². The lowest BCUT2D eigenvalue weighted by atomic mass is 9.74. The third-order valence-electron chi connectivity index (χ3n) is 4.80. The second-order valence-corrected chi connectivity index (χ2v) is 6.41. The summed E-state index contributed by atoms with van der Waals surface area (Å²) in [4.78, 5) is 0. The van der Waals surface area contributed by atoms with E-state index in [1.807, 2.05) is 0 Å². The molecule has 2 aliphatic rings. The highest BCUT2D eigenvalue weighted by molar-refractivity contribution is 5.36. The summed E-state index contributed by atoms with van der Waals surface area (Å²) in [5.74, 6) is 3.24. The Hall–Kier alpha value is -0.820. The van der Waals surface area contributed by atoms with Crippen LogP contribution in [0.2, 0.25) is 0 Å². The first kappa shape index (κ1) is 12.2. The van der Waals surface area contributed by atoms with Gasteiger partial charge in [-0.05, 0) is 67.2 Å². The van der Waals surface area contributed by atoms with E-state index in [0.29, 0.717) is 0 Å². The zero-order valence-electron chi connectivity index (χ0n) is 11.7. The Labute approximate surface area is 111 Å². The molecule has 0 radical (unpaired) electrons. The minimum Gasteiger partial charge on any atom is -0.316 e. The topological polar surface area (TPSA) is 12.0 Å². The highest BCUT2D eigenvalue weighted by atomic mass is 14.9. The van der Waals surface area contributed by atoms with Gasteiger partial charge in [0.15, 0.2) is 0 Å². The lowest BCUT2D eigenvalue weighted by Gasteiger charge is -2.36. The van der Waals surface area contributed by atoms with Crippen LogP contribution in [0, 0.1) is 11.8 Å². The van der Waals surface area contributed by atoms with E-state index in [1.54, 1.807) is 11.1 Å². The van der Waals surface area contributed by atoms with Crippen molar-refractivity contribution >= 4 is 0 Å². The Balaban J connectivity index is 1.91. The van der Waals surface area contributed by atoms with E-state index in [2.05, 4.69) is 43.4 Å². The van der Waals surface area contributed by atoms with Crippen molar-refractivity contribution in [3.05, 3.63) is 35.4 Å². The molecular formula is C17H25N. The molecule has 2 unspecified atom stereocenters. The molecule has 1 aromatic rings. The largest absolute Gasteiger partial charge is 0.316 e. The van der Waals surface area contributed by atoms with Gasteiger partial charge in [0.2, 0.25) is 0 Å². The van der Waals surface area contributed by atoms with E-state index in [9.17, 15) is 0 Å². The van der Waals surface area contributed by atoms with Gasteiger partial charge in [-0.2, -0.15) is 0 Å². The molecule has 0 amide bonds. The van der Waals surface area contributed by atoms with Crippen LogP contribution in [0.25, 0.3) is 0 Å². The van der Waals surface area contributed by atoms with Gasteiger partial charge in [0.25, 0.3) is 0 Å². The first-order valence-corrected chi connectivity index (χ1v) is 7.57. The summed E-state index contributed by atoms with van der Waals surface area (Å²) < 4.78 is 0. The van der Waals surface area contributed by atoms with Gasteiger partial charge >= 0.3 is 0 Å². The Kier molecular flexibility index (Phi) is 3.43. The number of hydrogen-bond donors (Lipinski definition) is 1. The molecule has 1 aliphatic carbocycles. The maximum atomic E-state index is 3.58. The third-order valence-corrected chi connectivity index (χ3v) is 4.80. The molecule has 1 N–H and O–H groups in total. The van der Waals surface area contributed by atoms with Crippen LogP contribution in [0.5, 0.6) is 0 Å². The minimum atomic E-state index is 0.773. The molecule has 2 atom stereocenters. The predicted octanol–water partition coefficient (Wildman–Crippen LogP) is 3.91. The second-order valence-electron chi connectivity index (χ2n) is 6.41. The zero-order chi connectivity index (χ0) is 12.5. The van der Waals surface area contributed by atoms with Crippen molar-refractivity contribution in [3.63, 3.8) is 0 Å². The van der Waals surface area contributed by atoms with Crippen molar-refractivity contribution in [1.82, 2.24) is 5.32 Å². The van der Waals surface area contributed by atoms with E-state index in [4.69, 9.17) is 0 Å². The monoisotopic (exact) mass is 243 g/mol. The maximum absolute atomic E-state index is 3.58. The van der Waals surface area contributed by atoms with Gasteiger partial charge in [0, 0.05) is 0 Å². The summed E-state index contributed by atoms with van der Waals surface area (Å²) in [6.07, 6.45) is 4.13. The average Bonchev–Trinajstić information content (AvgIpc) is 3.23. The third kappa shape index (κ3) is 2.33. The Morgan fingerprint density at radius 2 is 1.78 bits per heavy atom. The molecule has 1 aliphatic heterocycles. The predicted molar refractivity (Wildman–Crippen MR) is 77.0 cm³/mol. The average molecular weight is 243 g/mol. The lowest BCUT2D eigenvalue weighted by molar-refractivity contribution is 0.254. The molecule has 1 saturated heterocycles. The number of benzene rings is 1. The Morgan fingerprint density at radius 3 is 2.44 bits per heavy atom. The molecule has 98 valence electrons. The summed E-state index contributed by atoms with van der Waals surface area (Å²) >= 11 is 0.